The van der Waals surface area contributed by atoms with Gasteiger partial charge in [0, 0.05) is 9.61 Å². The molecule has 1 N–H and O–H groups in total. The Kier molecular flexibility index (Phi) is 6.49. The number of hydrogen-bond donors (Lipinski definition) is 1. The Morgan fingerprint density at radius 3 is 2.45 bits per heavy atom. The first kappa shape index (κ1) is 17.5. The monoisotopic (exact) mass is 503 g/mol. The van der Waals surface area contributed by atoms with Crippen molar-refractivity contribution < 1.29 is 19.4 Å². The molecular formula is C13H15I2NO4. The highest BCUT2D eigenvalue weighted by molar-refractivity contribution is 14.1. The van der Waals surface area contributed by atoms with Gasteiger partial charge < -0.3 is 14.7 Å². The van der Waals surface area contributed by atoms with E-state index in [2.05, 4.69) is 27.3 Å². The second kappa shape index (κ2) is 7.43. The number of rotatable bonds is 4. The maximum Gasteiger partial charge on any atom is 0.325 e. The topological polar surface area (TPSA) is 66.8 Å². The van der Waals surface area contributed by atoms with Crippen LogP contribution in [0.3, 0.4) is 0 Å². The zero-order valence-corrected chi connectivity index (χ0v) is 15.6. The van der Waals surface area contributed by atoms with Gasteiger partial charge in [-0.1, -0.05) is 0 Å². The molecule has 110 valence electrons. The van der Waals surface area contributed by atoms with E-state index < -0.39 is 5.97 Å². The van der Waals surface area contributed by atoms with Crippen molar-refractivity contribution >= 4 is 57.1 Å². The van der Waals surface area contributed by atoms with Gasteiger partial charge in [0.25, 0.3) is 5.91 Å². The van der Waals surface area contributed by atoms with E-state index >= 15 is 0 Å². The van der Waals surface area contributed by atoms with E-state index in [-0.39, 0.29) is 29.8 Å². The fourth-order valence-corrected chi connectivity index (χ4v) is 3.42. The van der Waals surface area contributed by atoms with Crippen molar-refractivity contribution in [3.63, 3.8) is 0 Å². The molecule has 0 saturated carbocycles. The van der Waals surface area contributed by atoms with Crippen molar-refractivity contribution in [1.82, 2.24) is 4.90 Å². The molecule has 0 heterocycles. The first-order valence-electron chi connectivity index (χ1n) is 5.83. The van der Waals surface area contributed by atoms with Crippen molar-refractivity contribution in [3.05, 3.63) is 24.8 Å². The summed E-state index contributed by atoms with van der Waals surface area (Å²) in [5.74, 6) is -0.947. The highest BCUT2D eigenvalue weighted by Gasteiger charge is 2.25. The lowest BCUT2D eigenvalue weighted by Gasteiger charge is -2.26. The normalized spacial score (nSPS) is 10.5. The van der Waals surface area contributed by atoms with Gasteiger partial charge in [0.05, 0.1) is 16.2 Å². The number of hydrogen-bond acceptors (Lipinski definition) is 4. The summed E-state index contributed by atoms with van der Waals surface area (Å²) < 4.78 is 6.04. The summed E-state index contributed by atoms with van der Waals surface area (Å²) in [5.41, 5.74) is 0.193. The summed E-state index contributed by atoms with van der Waals surface area (Å²) in [7, 11) is 1.27. The van der Waals surface area contributed by atoms with Gasteiger partial charge in [-0.15, -0.1) is 0 Å². The molecule has 0 aliphatic heterocycles. The third-order valence-corrected chi connectivity index (χ3v) is 4.12. The summed E-state index contributed by atoms with van der Waals surface area (Å²) >= 11 is 4.04. The van der Waals surface area contributed by atoms with Gasteiger partial charge in [-0.25, -0.2) is 0 Å². The van der Waals surface area contributed by atoms with Crippen molar-refractivity contribution in [3.8, 4) is 5.75 Å². The third kappa shape index (κ3) is 4.21. The van der Waals surface area contributed by atoms with E-state index in [9.17, 15) is 14.7 Å². The molecule has 0 bridgehead atoms. The summed E-state index contributed by atoms with van der Waals surface area (Å²) in [6.45, 7) is 3.46. The second-order valence-corrected chi connectivity index (χ2v) is 6.79. The smallest absolute Gasteiger partial charge is 0.325 e. The zero-order valence-electron chi connectivity index (χ0n) is 11.3. The summed E-state index contributed by atoms with van der Waals surface area (Å²) in [5, 5.41) is 10.0. The Morgan fingerprint density at radius 2 is 1.95 bits per heavy atom. The van der Waals surface area contributed by atoms with Crippen LogP contribution in [0.25, 0.3) is 0 Å². The number of esters is 1. The van der Waals surface area contributed by atoms with Crippen LogP contribution in [0, 0.1) is 7.14 Å². The molecule has 7 heteroatoms. The Bertz CT molecular complexity index is 531. The van der Waals surface area contributed by atoms with Crippen LogP contribution in [-0.2, 0) is 9.53 Å². The maximum atomic E-state index is 12.5. The van der Waals surface area contributed by atoms with Crippen LogP contribution < -0.4 is 0 Å². The van der Waals surface area contributed by atoms with Crippen molar-refractivity contribution in [1.29, 1.82) is 0 Å². The molecule has 0 aliphatic rings. The first-order valence-corrected chi connectivity index (χ1v) is 7.99. The van der Waals surface area contributed by atoms with Crippen LogP contribution in [-0.4, -0.2) is 41.6 Å². The summed E-state index contributed by atoms with van der Waals surface area (Å²) in [6.07, 6.45) is 0. The minimum atomic E-state index is -0.494. The minimum absolute atomic E-state index is 0.0634. The SMILES string of the molecule is COC(=O)CN(C(=O)c1cc(I)cc(I)c1O)C(C)C. The van der Waals surface area contributed by atoms with E-state index in [1.807, 2.05) is 22.6 Å². The average molecular weight is 503 g/mol. The van der Waals surface area contributed by atoms with Crippen LogP contribution in [0.4, 0.5) is 0 Å². The molecule has 1 amide bonds. The largest absolute Gasteiger partial charge is 0.506 e. The van der Waals surface area contributed by atoms with Gasteiger partial charge in [0.2, 0.25) is 0 Å². The van der Waals surface area contributed by atoms with Gasteiger partial charge in [0.15, 0.2) is 0 Å². The van der Waals surface area contributed by atoms with E-state index in [1.54, 1.807) is 26.0 Å². The predicted octanol–water partition coefficient (Wildman–Crippen LogP) is 2.63. The van der Waals surface area contributed by atoms with Crippen molar-refractivity contribution in [2.24, 2.45) is 0 Å². The molecule has 0 aliphatic carbocycles. The molecular weight excluding hydrogens is 488 g/mol. The second-order valence-electron chi connectivity index (χ2n) is 4.39. The number of amides is 1. The van der Waals surface area contributed by atoms with E-state index in [4.69, 9.17) is 0 Å². The molecule has 1 aromatic rings. The van der Waals surface area contributed by atoms with Gasteiger partial charge in [-0.3, -0.25) is 9.59 Å². The quantitative estimate of drug-likeness (QED) is 0.507. The Labute approximate surface area is 145 Å². The molecule has 0 unspecified atom stereocenters. The minimum Gasteiger partial charge on any atom is -0.506 e. The number of methoxy groups -OCH3 is 1. The van der Waals surface area contributed by atoms with Crippen LogP contribution in [0.2, 0.25) is 0 Å². The molecule has 20 heavy (non-hydrogen) atoms. The number of halogens is 2. The highest BCUT2D eigenvalue weighted by atomic mass is 127. The third-order valence-electron chi connectivity index (χ3n) is 2.67. The molecule has 0 aromatic heterocycles. The first-order chi connectivity index (χ1) is 9.27. The number of carbonyl (C=O) groups is 2. The Hall–Kier alpha value is -0.580. The van der Waals surface area contributed by atoms with Crippen molar-refractivity contribution in [2.75, 3.05) is 13.7 Å². The lowest BCUT2D eigenvalue weighted by molar-refractivity contribution is -0.141. The van der Waals surface area contributed by atoms with Gasteiger partial charge in [-0.2, -0.15) is 0 Å². The number of phenolic OH excluding ortho intramolecular Hbond substituents is 1. The standard InChI is InChI=1S/C13H15I2NO4/c1-7(2)16(6-11(17)20-3)13(19)9-4-8(14)5-10(15)12(9)18/h4-5,7,18H,6H2,1-3H3. The van der Waals surface area contributed by atoms with E-state index in [0.29, 0.717) is 3.57 Å². The summed E-state index contributed by atoms with van der Waals surface area (Å²) in [4.78, 5) is 25.3. The van der Waals surface area contributed by atoms with E-state index in [0.717, 1.165) is 3.57 Å². The number of benzene rings is 1. The highest BCUT2D eigenvalue weighted by Crippen LogP contribution is 2.28. The van der Waals surface area contributed by atoms with Crippen molar-refractivity contribution in [2.45, 2.75) is 19.9 Å². The van der Waals surface area contributed by atoms with Gasteiger partial charge >= 0.3 is 5.97 Å². The molecule has 0 fully saturated rings. The molecule has 0 spiro atoms. The lowest BCUT2D eigenvalue weighted by atomic mass is 10.1. The molecule has 0 saturated heterocycles. The number of nitrogens with zero attached hydrogens (tertiary/aromatic N) is 1. The lowest BCUT2D eigenvalue weighted by Crippen LogP contribution is -2.41. The molecule has 1 aromatic carbocycles. The number of ether oxygens (including phenoxy) is 1. The van der Waals surface area contributed by atoms with Gasteiger partial charge in [-0.05, 0) is 71.2 Å². The van der Waals surface area contributed by atoms with Crippen LogP contribution in [0.5, 0.6) is 5.75 Å². The molecule has 1 rings (SSSR count). The summed E-state index contributed by atoms with van der Waals surface area (Å²) in [6, 6.07) is 3.19. The zero-order chi connectivity index (χ0) is 15.4. The van der Waals surface area contributed by atoms with Gasteiger partial charge in [0.1, 0.15) is 12.3 Å². The molecule has 5 nitrogen and oxygen atoms in total. The van der Waals surface area contributed by atoms with Crippen LogP contribution in [0.15, 0.2) is 12.1 Å². The number of phenols is 1. The van der Waals surface area contributed by atoms with E-state index in [1.165, 1.54) is 12.0 Å². The van der Waals surface area contributed by atoms with Crippen LogP contribution in [0.1, 0.15) is 24.2 Å². The Balaban J connectivity index is 3.16. The average Bonchev–Trinajstić information content (AvgIpc) is 2.38. The maximum absolute atomic E-state index is 12.5. The number of carbonyl (C=O) groups excluding carboxylic acids is 2. The Morgan fingerprint density at radius 1 is 1.35 bits per heavy atom. The number of aromatic hydroxyl groups is 1. The molecule has 0 atom stereocenters. The molecule has 0 radical (unpaired) electrons. The van der Waals surface area contributed by atoms with Crippen LogP contribution >= 0.6 is 45.2 Å². The fourth-order valence-electron chi connectivity index (χ4n) is 1.58. The predicted molar refractivity (Wildman–Crippen MR) is 91.7 cm³/mol. The fraction of sp³-hybridized carbons (Fsp3) is 0.385.